The van der Waals surface area contributed by atoms with E-state index >= 15 is 0 Å². The zero-order chi connectivity index (χ0) is 12.4. The molecule has 0 aromatic heterocycles. The van der Waals surface area contributed by atoms with Crippen molar-refractivity contribution in [2.24, 2.45) is 16.9 Å². The van der Waals surface area contributed by atoms with Gasteiger partial charge in [-0.1, -0.05) is 24.3 Å². The lowest BCUT2D eigenvalue weighted by Crippen LogP contribution is -2.40. The second kappa shape index (κ2) is 3.57. The Morgan fingerprint density at radius 3 is 2.58 bits per heavy atom. The first-order valence-electron chi connectivity index (χ1n) is 7.43. The second-order valence-electron chi connectivity index (χ2n) is 6.39. The summed E-state index contributed by atoms with van der Waals surface area (Å²) in [4.78, 5) is 0. The van der Waals surface area contributed by atoms with Gasteiger partial charge in [-0.3, -0.25) is 5.01 Å². The summed E-state index contributed by atoms with van der Waals surface area (Å²) in [7, 11) is 0. The third kappa shape index (κ3) is 1.37. The molecule has 0 N–H and O–H groups in total. The summed E-state index contributed by atoms with van der Waals surface area (Å²) >= 11 is 2.21. The van der Waals surface area contributed by atoms with Gasteiger partial charge >= 0.3 is 0 Å². The summed E-state index contributed by atoms with van der Waals surface area (Å²) in [6.07, 6.45) is 7.83. The fourth-order valence-corrected chi connectivity index (χ4v) is 6.09. The number of nitrogens with zero attached hydrogens (tertiary/aromatic N) is 2. The fourth-order valence-electron chi connectivity index (χ4n) is 4.17. The highest BCUT2D eigenvalue weighted by molar-refractivity contribution is 8.00. The van der Waals surface area contributed by atoms with Gasteiger partial charge in [0.05, 0.1) is 18.1 Å². The normalized spacial score (nSPS) is 31.2. The molecule has 1 aromatic rings. The largest absolute Gasteiger partial charge is 0.278 e. The van der Waals surface area contributed by atoms with Crippen molar-refractivity contribution in [3.8, 4) is 0 Å². The van der Waals surface area contributed by atoms with Gasteiger partial charge in [-0.05, 0) is 48.6 Å². The van der Waals surface area contributed by atoms with Crippen molar-refractivity contribution < 1.29 is 0 Å². The Balaban J connectivity index is 1.68. The molecule has 0 amide bonds. The van der Waals surface area contributed by atoms with Gasteiger partial charge in [0, 0.05) is 4.75 Å². The molecule has 3 fully saturated rings. The van der Waals surface area contributed by atoms with Crippen LogP contribution in [0.3, 0.4) is 0 Å². The van der Waals surface area contributed by atoms with Crippen molar-refractivity contribution in [3.05, 3.63) is 35.4 Å². The summed E-state index contributed by atoms with van der Waals surface area (Å²) in [5.74, 6) is 2.98. The van der Waals surface area contributed by atoms with Crippen molar-refractivity contribution in [2.75, 3.05) is 5.88 Å². The molecule has 1 saturated heterocycles. The molecule has 2 heterocycles. The Kier molecular flexibility index (Phi) is 2.03. The molecule has 5 rings (SSSR count). The molecule has 2 nitrogen and oxygen atoms in total. The predicted octanol–water partition coefficient (Wildman–Crippen LogP) is 3.64. The molecule has 0 spiro atoms. The molecular formula is C16H18N2S. The monoisotopic (exact) mass is 270 g/mol. The molecule has 98 valence electrons. The van der Waals surface area contributed by atoms with Crippen LogP contribution in [0.2, 0.25) is 0 Å². The number of rotatable bonds is 2. The topological polar surface area (TPSA) is 15.6 Å². The molecule has 0 bridgehead atoms. The highest BCUT2D eigenvalue weighted by Gasteiger charge is 2.64. The molecule has 19 heavy (non-hydrogen) atoms. The van der Waals surface area contributed by atoms with E-state index in [2.05, 4.69) is 47.3 Å². The summed E-state index contributed by atoms with van der Waals surface area (Å²) in [6, 6.07) is 9.44. The standard InChI is InChI=1S/C16H18N2S/c1-2-4-14-11(3-1)9-17-18-10-19-16(15(14)18,12-5-6-12)13-7-8-13/h1-4,9,12-13,15H,5-8,10H2. The maximum Gasteiger partial charge on any atom is 0.0888 e. The van der Waals surface area contributed by atoms with Crippen LogP contribution in [-0.4, -0.2) is 21.8 Å². The van der Waals surface area contributed by atoms with Crippen LogP contribution in [0.15, 0.2) is 29.4 Å². The fraction of sp³-hybridized carbons (Fsp3) is 0.562. The maximum atomic E-state index is 4.74. The van der Waals surface area contributed by atoms with Gasteiger partial charge in [0.2, 0.25) is 0 Å². The van der Waals surface area contributed by atoms with Gasteiger partial charge in [0.1, 0.15) is 0 Å². The number of benzene rings is 1. The number of hydrogen-bond acceptors (Lipinski definition) is 3. The van der Waals surface area contributed by atoms with Crippen LogP contribution in [-0.2, 0) is 0 Å². The van der Waals surface area contributed by atoms with Crippen LogP contribution in [0.5, 0.6) is 0 Å². The van der Waals surface area contributed by atoms with Crippen LogP contribution in [0.4, 0.5) is 0 Å². The van der Waals surface area contributed by atoms with Crippen molar-refractivity contribution in [3.63, 3.8) is 0 Å². The molecule has 3 heteroatoms. The lowest BCUT2D eigenvalue weighted by Gasteiger charge is -2.39. The lowest BCUT2D eigenvalue weighted by molar-refractivity contribution is 0.189. The second-order valence-corrected chi connectivity index (χ2v) is 7.65. The number of thioether (sulfide) groups is 1. The smallest absolute Gasteiger partial charge is 0.0888 e. The molecule has 0 radical (unpaired) electrons. The van der Waals surface area contributed by atoms with Crippen LogP contribution >= 0.6 is 11.8 Å². The van der Waals surface area contributed by atoms with E-state index in [1.165, 1.54) is 36.8 Å². The van der Waals surface area contributed by atoms with Gasteiger partial charge < -0.3 is 0 Å². The van der Waals surface area contributed by atoms with E-state index in [9.17, 15) is 0 Å². The first-order valence-corrected chi connectivity index (χ1v) is 8.41. The average Bonchev–Trinajstić information content (AvgIpc) is 3.36. The first-order chi connectivity index (χ1) is 9.39. The minimum Gasteiger partial charge on any atom is -0.278 e. The van der Waals surface area contributed by atoms with E-state index in [4.69, 9.17) is 5.10 Å². The van der Waals surface area contributed by atoms with E-state index in [0.29, 0.717) is 10.8 Å². The number of fused-ring (bicyclic) bond motifs is 3. The van der Waals surface area contributed by atoms with Crippen molar-refractivity contribution in [1.29, 1.82) is 0 Å². The van der Waals surface area contributed by atoms with Crippen LogP contribution < -0.4 is 0 Å². The molecule has 2 aliphatic heterocycles. The summed E-state index contributed by atoms with van der Waals surface area (Å²) in [5, 5.41) is 7.10. The highest BCUT2D eigenvalue weighted by Crippen LogP contribution is 2.68. The van der Waals surface area contributed by atoms with Gasteiger partial charge in [0.15, 0.2) is 0 Å². The Hall–Kier alpha value is -0.960. The summed E-state index contributed by atoms with van der Waals surface area (Å²) in [6.45, 7) is 0. The zero-order valence-corrected chi connectivity index (χ0v) is 11.8. The molecule has 2 aliphatic carbocycles. The minimum absolute atomic E-state index is 0.480. The molecule has 2 saturated carbocycles. The highest BCUT2D eigenvalue weighted by atomic mass is 32.2. The number of hydrazone groups is 1. The van der Waals surface area contributed by atoms with Crippen molar-refractivity contribution >= 4 is 18.0 Å². The van der Waals surface area contributed by atoms with Crippen molar-refractivity contribution in [2.45, 2.75) is 36.5 Å². The lowest BCUT2D eigenvalue weighted by atomic mass is 9.81. The third-order valence-corrected chi connectivity index (χ3v) is 7.02. The van der Waals surface area contributed by atoms with Crippen LogP contribution in [0, 0.1) is 11.8 Å². The van der Waals surface area contributed by atoms with E-state index in [1.807, 2.05) is 0 Å². The number of hydrogen-bond donors (Lipinski definition) is 0. The molecule has 4 aliphatic rings. The van der Waals surface area contributed by atoms with Gasteiger partial charge in [-0.25, -0.2) is 0 Å². The molecular weight excluding hydrogens is 252 g/mol. The average molecular weight is 270 g/mol. The summed E-state index contributed by atoms with van der Waals surface area (Å²) < 4.78 is 0.480. The maximum absolute atomic E-state index is 4.74. The quantitative estimate of drug-likeness (QED) is 0.815. The first kappa shape index (κ1) is 10.8. The Labute approximate surface area is 118 Å². The van der Waals surface area contributed by atoms with E-state index < -0.39 is 0 Å². The molecule has 1 atom stereocenters. The van der Waals surface area contributed by atoms with Gasteiger partial charge in [-0.15, -0.1) is 11.8 Å². The van der Waals surface area contributed by atoms with E-state index in [1.54, 1.807) is 0 Å². The predicted molar refractivity (Wildman–Crippen MR) is 79.3 cm³/mol. The van der Waals surface area contributed by atoms with Gasteiger partial charge in [0.25, 0.3) is 0 Å². The zero-order valence-electron chi connectivity index (χ0n) is 11.0. The van der Waals surface area contributed by atoms with Crippen molar-refractivity contribution in [1.82, 2.24) is 5.01 Å². The summed E-state index contributed by atoms with van der Waals surface area (Å²) in [5.41, 5.74) is 2.87. The SMILES string of the molecule is C1=NN2CSC(C3CC3)(C3CC3)C2c2ccccc21. The van der Waals surface area contributed by atoms with E-state index in [-0.39, 0.29) is 0 Å². The Morgan fingerprint density at radius 1 is 1.11 bits per heavy atom. The minimum atomic E-state index is 0.480. The molecule has 1 unspecified atom stereocenters. The Morgan fingerprint density at radius 2 is 1.84 bits per heavy atom. The van der Waals surface area contributed by atoms with Crippen LogP contribution in [0.1, 0.15) is 42.9 Å². The third-order valence-electron chi connectivity index (χ3n) is 5.24. The Bertz CT molecular complexity index is 548. The van der Waals surface area contributed by atoms with Crippen LogP contribution in [0.25, 0.3) is 0 Å². The van der Waals surface area contributed by atoms with E-state index in [0.717, 1.165) is 17.7 Å². The molecule has 1 aromatic carbocycles. The van der Waals surface area contributed by atoms with Gasteiger partial charge in [-0.2, -0.15) is 5.10 Å².